The molecule has 0 aliphatic heterocycles. The smallest absolute Gasteiger partial charge is 0.263 e. The monoisotopic (exact) mass is 361 g/mol. The van der Waals surface area contributed by atoms with Crippen molar-refractivity contribution in [3.8, 4) is 5.75 Å². The molecule has 2 aromatic rings. The number of ether oxygens (including phenoxy) is 1. The fourth-order valence-electron chi connectivity index (χ4n) is 1.98. The zero-order chi connectivity index (χ0) is 17.2. The highest BCUT2D eigenvalue weighted by Crippen LogP contribution is 2.30. The third-order valence-corrected chi connectivity index (χ3v) is 5.05. The molecule has 0 saturated heterocycles. The SMILES string of the molecule is CCc1ccc(F)c(NS(=O)(=O)c2ccc(OC)cc2Cl)c1F. The quantitative estimate of drug-likeness (QED) is 0.876. The van der Waals surface area contributed by atoms with Crippen molar-refractivity contribution in [1.29, 1.82) is 0 Å². The van der Waals surface area contributed by atoms with E-state index in [0.29, 0.717) is 12.2 Å². The van der Waals surface area contributed by atoms with E-state index in [4.69, 9.17) is 16.3 Å². The minimum Gasteiger partial charge on any atom is -0.497 e. The first-order valence-corrected chi connectivity index (χ1v) is 8.49. The van der Waals surface area contributed by atoms with E-state index in [0.717, 1.165) is 6.07 Å². The van der Waals surface area contributed by atoms with Gasteiger partial charge in [0.1, 0.15) is 22.1 Å². The highest BCUT2D eigenvalue weighted by Gasteiger charge is 2.23. The lowest BCUT2D eigenvalue weighted by Gasteiger charge is -2.13. The van der Waals surface area contributed by atoms with Crippen LogP contribution in [0.3, 0.4) is 0 Å². The van der Waals surface area contributed by atoms with Crippen molar-refractivity contribution in [3.05, 3.63) is 52.6 Å². The molecule has 2 aromatic carbocycles. The van der Waals surface area contributed by atoms with E-state index in [9.17, 15) is 17.2 Å². The molecule has 0 atom stereocenters. The predicted molar refractivity (Wildman–Crippen MR) is 84.5 cm³/mol. The summed E-state index contributed by atoms with van der Waals surface area (Å²) < 4.78 is 59.6. The number of anilines is 1. The maximum atomic E-state index is 14.2. The summed E-state index contributed by atoms with van der Waals surface area (Å²) in [5.74, 6) is -1.59. The number of hydrogen-bond acceptors (Lipinski definition) is 3. The van der Waals surface area contributed by atoms with Gasteiger partial charge in [-0.3, -0.25) is 4.72 Å². The molecule has 1 N–H and O–H groups in total. The molecule has 23 heavy (non-hydrogen) atoms. The van der Waals surface area contributed by atoms with E-state index < -0.39 is 27.3 Å². The van der Waals surface area contributed by atoms with E-state index in [1.165, 1.54) is 31.4 Å². The van der Waals surface area contributed by atoms with Crippen LogP contribution in [0.4, 0.5) is 14.5 Å². The van der Waals surface area contributed by atoms with Crippen molar-refractivity contribution in [2.75, 3.05) is 11.8 Å². The topological polar surface area (TPSA) is 55.4 Å². The second-order valence-corrected chi connectivity index (χ2v) is 6.71. The molecule has 0 bridgehead atoms. The summed E-state index contributed by atoms with van der Waals surface area (Å²) in [5, 5.41) is -0.121. The molecule has 0 aliphatic carbocycles. The predicted octanol–water partition coefficient (Wildman–Crippen LogP) is 3.99. The summed E-state index contributed by atoms with van der Waals surface area (Å²) in [7, 11) is -2.85. The molecule has 0 spiro atoms. The van der Waals surface area contributed by atoms with Crippen molar-refractivity contribution in [2.45, 2.75) is 18.2 Å². The fraction of sp³-hybridized carbons (Fsp3) is 0.200. The molecule has 0 unspecified atom stereocenters. The van der Waals surface area contributed by atoms with Gasteiger partial charge in [-0.2, -0.15) is 0 Å². The maximum absolute atomic E-state index is 14.2. The highest BCUT2D eigenvalue weighted by molar-refractivity contribution is 7.92. The van der Waals surface area contributed by atoms with Crippen LogP contribution >= 0.6 is 11.6 Å². The van der Waals surface area contributed by atoms with Crippen LogP contribution in [0.25, 0.3) is 0 Å². The summed E-state index contributed by atoms with van der Waals surface area (Å²) in [6.07, 6.45) is 0.296. The lowest BCUT2D eigenvalue weighted by atomic mass is 10.1. The van der Waals surface area contributed by atoms with Crippen LogP contribution in [0, 0.1) is 11.6 Å². The number of nitrogens with one attached hydrogen (secondary N) is 1. The summed E-state index contributed by atoms with van der Waals surface area (Å²) in [4.78, 5) is -0.305. The zero-order valence-corrected chi connectivity index (χ0v) is 13.9. The summed E-state index contributed by atoms with van der Waals surface area (Å²) >= 11 is 5.91. The molecule has 0 aromatic heterocycles. The van der Waals surface area contributed by atoms with Gasteiger partial charge in [0, 0.05) is 6.07 Å². The Hall–Kier alpha value is -1.86. The van der Waals surface area contributed by atoms with E-state index in [2.05, 4.69) is 0 Å². The number of hydrogen-bond donors (Lipinski definition) is 1. The lowest BCUT2D eigenvalue weighted by molar-refractivity contribution is 0.414. The van der Waals surface area contributed by atoms with Crippen LogP contribution in [0.2, 0.25) is 5.02 Å². The number of rotatable bonds is 5. The molecule has 124 valence electrons. The Balaban J connectivity index is 2.47. The molecule has 0 saturated carbocycles. The molecule has 2 rings (SSSR count). The van der Waals surface area contributed by atoms with Gasteiger partial charge in [0.05, 0.1) is 12.1 Å². The molecule has 0 amide bonds. The Kier molecular flexibility index (Phi) is 5.11. The van der Waals surface area contributed by atoms with Crippen LogP contribution in [0.5, 0.6) is 5.75 Å². The standard InChI is InChI=1S/C15H14ClF2NO3S/c1-3-9-4-6-12(17)15(14(9)18)19-23(20,21)13-7-5-10(22-2)8-11(13)16/h4-8,19H,3H2,1-2H3. The van der Waals surface area contributed by atoms with Crippen molar-refractivity contribution in [3.63, 3.8) is 0 Å². The normalized spacial score (nSPS) is 11.3. The summed E-state index contributed by atoms with van der Waals surface area (Å²) in [6, 6.07) is 6.15. The average Bonchev–Trinajstić information content (AvgIpc) is 2.51. The van der Waals surface area contributed by atoms with Gasteiger partial charge in [-0.1, -0.05) is 24.6 Å². The number of aryl methyl sites for hydroxylation is 1. The second kappa shape index (κ2) is 6.72. The number of benzene rings is 2. The third-order valence-electron chi connectivity index (χ3n) is 3.22. The Morgan fingerprint density at radius 1 is 1.22 bits per heavy atom. The van der Waals surface area contributed by atoms with Gasteiger partial charge >= 0.3 is 0 Å². The van der Waals surface area contributed by atoms with Crippen LogP contribution in [-0.4, -0.2) is 15.5 Å². The van der Waals surface area contributed by atoms with Gasteiger partial charge in [0.2, 0.25) is 0 Å². The van der Waals surface area contributed by atoms with Crippen LogP contribution < -0.4 is 9.46 Å². The van der Waals surface area contributed by atoms with Gasteiger partial charge < -0.3 is 4.74 Å². The Morgan fingerprint density at radius 3 is 2.48 bits per heavy atom. The Morgan fingerprint density at radius 2 is 1.91 bits per heavy atom. The van der Waals surface area contributed by atoms with Gasteiger partial charge in [0.25, 0.3) is 10.0 Å². The largest absolute Gasteiger partial charge is 0.497 e. The van der Waals surface area contributed by atoms with Crippen molar-refractivity contribution >= 4 is 27.3 Å². The van der Waals surface area contributed by atoms with Crippen LogP contribution in [0.1, 0.15) is 12.5 Å². The van der Waals surface area contributed by atoms with E-state index in [1.807, 2.05) is 4.72 Å². The van der Waals surface area contributed by atoms with Gasteiger partial charge in [-0.05, 0) is 30.2 Å². The molecule has 8 heteroatoms. The molecule has 0 fully saturated rings. The lowest BCUT2D eigenvalue weighted by Crippen LogP contribution is -2.16. The molecular weight excluding hydrogens is 348 g/mol. The molecule has 0 heterocycles. The van der Waals surface area contributed by atoms with Gasteiger partial charge in [-0.25, -0.2) is 17.2 Å². The van der Waals surface area contributed by atoms with Crippen molar-refractivity contribution in [2.24, 2.45) is 0 Å². The van der Waals surface area contributed by atoms with E-state index in [1.54, 1.807) is 6.92 Å². The summed E-state index contributed by atoms with van der Waals surface area (Å²) in [5.41, 5.74) is -0.527. The number of sulfonamides is 1. The van der Waals surface area contributed by atoms with Crippen molar-refractivity contribution in [1.82, 2.24) is 0 Å². The van der Waals surface area contributed by atoms with Gasteiger partial charge in [0.15, 0.2) is 5.82 Å². The first-order chi connectivity index (χ1) is 10.8. The molecule has 0 aliphatic rings. The fourth-order valence-corrected chi connectivity index (χ4v) is 3.58. The molecule has 4 nitrogen and oxygen atoms in total. The minimum absolute atomic E-state index is 0.121. The third kappa shape index (κ3) is 3.56. The van der Waals surface area contributed by atoms with Gasteiger partial charge in [-0.15, -0.1) is 0 Å². The average molecular weight is 362 g/mol. The van der Waals surface area contributed by atoms with E-state index in [-0.39, 0.29) is 15.5 Å². The Labute approximate surface area is 138 Å². The first-order valence-electron chi connectivity index (χ1n) is 6.63. The van der Waals surface area contributed by atoms with Crippen molar-refractivity contribution < 1.29 is 21.9 Å². The molecular formula is C15H14ClF2NO3S. The number of methoxy groups -OCH3 is 1. The second-order valence-electron chi connectivity index (χ2n) is 4.65. The maximum Gasteiger partial charge on any atom is 0.263 e. The zero-order valence-electron chi connectivity index (χ0n) is 12.4. The van der Waals surface area contributed by atoms with E-state index >= 15 is 0 Å². The first kappa shape index (κ1) is 17.5. The Bertz CT molecular complexity index is 841. The highest BCUT2D eigenvalue weighted by atomic mass is 35.5. The van der Waals surface area contributed by atoms with Crippen LogP contribution in [0.15, 0.2) is 35.2 Å². The number of halogens is 3. The summed E-state index contributed by atoms with van der Waals surface area (Å²) in [6.45, 7) is 1.68. The van der Waals surface area contributed by atoms with Crippen LogP contribution in [-0.2, 0) is 16.4 Å². The molecule has 0 radical (unpaired) electrons. The minimum atomic E-state index is -4.26.